The summed E-state index contributed by atoms with van der Waals surface area (Å²) in [6.45, 7) is -1.08. The minimum Gasteiger partial charge on any atom is -0.493 e. The number of hydrogen-bond donors (Lipinski definition) is 2. The van der Waals surface area contributed by atoms with E-state index >= 15 is 0 Å². The summed E-state index contributed by atoms with van der Waals surface area (Å²) in [7, 11) is 0.237. The molecule has 1 rings (SSSR count). The van der Waals surface area contributed by atoms with Gasteiger partial charge in [-0.2, -0.15) is 4.72 Å². The fourth-order valence-corrected chi connectivity index (χ4v) is 2.47. The van der Waals surface area contributed by atoms with Gasteiger partial charge >= 0.3 is 5.97 Å². The van der Waals surface area contributed by atoms with Crippen LogP contribution in [0.25, 0.3) is 0 Å². The molecule has 1 aromatic rings. The third kappa shape index (κ3) is 5.42. The maximum atomic E-state index is 12.1. The zero-order valence-corrected chi connectivity index (χ0v) is 13.7. The van der Waals surface area contributed by atoms with Crippen LogP contribution in [0.3, 0.4) is 0 Å². The SMILES string of the molecule is CNC(=O)COC(=O)CNS(=O)(=O)c1ccc(OC)c(OC)c1. The summed E-state index contributed by atoms with van der Waals surface area (Å²) in [5, 5.41) is 2.26. The van der Waals surface area contributed by atoms with Gasteiger partial charge < -0.3 is 19.5 Å². The first-order valence-corrected chi connectivity index (χ1v) is 7.90. The molecule has 0 aromatic heterocycles. The Balaban J connectivity index is 2.72. The van der Waals surface area contributed by atoms with E-state index in [0.717, 1.165) is 0 Å². The van der Waals surface area contributed by atoms with Gasteiger partial charge in [0.15, 0.2) is 18.1 Å². The van der Waals surface area contributed by atoms with Crippen LogP contribution in [0.5, 0.6) is 11.5 Å². The minimum atomic E-state index is -3.94. The van der Waals surface area contributed by atoms with Gasteiger partial charge in [-0.05, 0) is 12.1 Å². The molecule has 0 aliphatic carbocycles. The number of benzene rings is 1. The molecule has 1 aromatic carbocycles. The van der Waals surface area contributed by atoms with Crippen molar-refractivity contribution in [1.29, 1.82) is 0 Å². The molecule has 1 amide bonds. The molecule has 128 valence electrons. The molecule has 10 heteroatoms. The molecular formula is C13H18N2O7S. The first-order chi connectivity index (χ1) is 10.8. The van der Waals surface area contributed by atoms with E-state index < -0.39 is 35.1 Å². The highest BCUT2D eigenvalue weighted by molar-refractivity contribution is 7.89. The molecule has 0 heterocycles. The normalized spacial score (nSPS) is 10.7. The van der Waals surface area contributed by atoms with Gasteiger partial charge in [-0.25, -0.2) is 8.42 Å². The minimum absolute atomic E-state index is 0.103. The lowest BCUT2D eigenvalue weighted by atomic mass is 10.3. The number of ether oxygens (including phenoxy) is 3. The molecule has 0 bridgehead atoms. The second-order valence-corrected chi connectivity index (χ2v) is 5.94. The number of hydrogen-bond acceptors (Lipinski definition) is 7. The van der Waals surface area contributed by atoms with Crippen molar-refractivity contribution < 1.29 is 32.2 Å². The van der Waals surface area contributed by atoms with Gasteiger partial charge in [-0.1, -0.05) is 0 Å². The number of carbonyl (C=O) groups is 2. The topological polar surface area (TPSA) is 120 Å². The Hall–Kier alpha value is -2.33. The highest BCUT2D eigenvalue weighted by Crippen LogP contribution is 2.29. The Morgan fingerprint density at radius 2 is 1.78 bits per heavy atom. The van der Waals surface area contributed by atoms with Gasteiger partial charge in [0.05, 0.1) is 19.1 Å². The van der Waals surface area contributed by atoms with E-state index in [1.54, 1.807) is 0 Å². The van der Waals surface area contributed by atoms with Crippen LogP contribution in [0.1, 0.15) is 0 Å². The number of nitrogens with one attached hydrogen (secondary N) is 2. The third-order valence-electron chi connectivity index (χ3n) is 2.71. The molecule has 9 nitrogen and oxygen atoms in total. The van der Waals surface area contributed by atoms with E-state index in [9.17, 15) is 18.0 Å². The second kappa shape index (κ2) is 8.34. The largest absolute Gasteiger partial charge is 0.493 e. The third-order valence-corrected chi connectivity index (χ3v) is 4.11. The zero-order chi connectivity index (χ0) is 17.5. The molecule has 0 fully saturated rings. The van der Waals surface area contributed by atoms with E-state index in [4.69, 9.17) is 9.47 Å². The number of rotatable bonds is 8. The van der Waals surface area contributed by atoms with Gasteiger partial charge in [0.25, 0.3) is 5.91 Å². The van der Waals surface area contributed by atoms with Crippen molar-refractivity contribution in [3.05, 3.63) is 18.2 Å². The van der Waals surface area contributed by atoms with Crippen molar-refractivity contribution in [2.75, 3.05) is 34.4 Å². The van der Waals surface area contributed by atoms with Crippen LogP contribution in [0, 0.1) is 0 Å². The number of likely N-dealkylation sites (N-methyl/N-ethyl adjacent to an activating group) is 1. The quantitative estimate of drug-likeness (QED) is 0.596. The zero-order valence-electron chi connectivity index (χ0n) is 12.9. The lowest BCUT2D eigenvalue weighted by Crippen LogP contribution is -2.33. The van der Waals surface area contributed by atoms with Gasteiger partial charge in [-0.3, -0.25) is 9.59 Å². The lowest BCUT2D eigenvalue weighted by molar-refractivity contribution is -0.147. The standard InChI is InChI=1S/C13H18N2O7S/c1-14-12(16)8-22-13(17)7-15-23(18,19)9-4-5-10(20-2)11(6-9)21-3/h4-6,15H,7-8H2,1-3H3,(H,14,16). The van der Waals surface area contributed by atoms with Crippen LogP contribution in [0.15, 0.2) is 23.1 Å². The maximum absolute atomic E-state index is 12.1. The molecule has 0 spiro atoms. The summed E-state index contributed by atoms with van der Waals surface area (Å²) >= 11 is 0. The summed E-state index contributed by atoms with van der Waals surface area (Å²) in [4.78, 5) is 22.2. The van der Waals surface area contributed by atoms with Gasteiger partial charge in [0.1, 0.15) is 6.54 Å². The summed E-state index contributed by atoms with van der Waals surface area (Å²) in [6, 6.07) is 3.99. The van der Waals surface area contributed by atoms with Crippen LogP contribution >= 0.6 is 0 Å². The Kier molecular flexibility index (Phi) is 6.79. The van der Waals surface area contributed by atoms with Crippen LogP contribution in [-0.2, 0) is 24.3 Å². The second-order valence-electron chi connectivity index (χ2n) is 4.18. The summed E-state index contributed by atoms with van der Waals surface area (Å²) in [5.74, 6) is -0.771. The lowest BCUT2D eigenvalue weighted by Gasteiger charge is -2.11. The average Bonchev–Trinajstić information content (AvgIpc) is 2.56. The summed E-state index contributed by atoms with van der Waals surface area (Å²) in [6.07, 6.45) is 0. The molecule has 0 atom stereocenters. The monoisotopic (exact) mass is 346 g/mol. The summed E-state index contributed by atoms with van der Waals surface area (Å²) < 4.78 is 40.9. The van der Waals surface area contributed by atoms with Gasteiger partial charge in [-0.15, -0.1) is 0 Å². The Bertz CT molecular complexity index is 673. The molecule has 0 aliphatic heterocycles. The molecule has 0 radical (unpaired) electrons. The maximum Gasteiger partial charge on any atom is 0.321 e. The predicted octanol–water partition coefficient (Wildman–Crippen LogP) is -0.729. The first-order valence-electron chi connectivity index (χ1n) is 6.42. The summed E-state index contributed by atoms with van der Waals surface area (Å²) in [5.41, 5.74) is 0. The van der Waals surface area contributed by atoms with E-state index in [-0.39, 0.29) is 10.6 Å². The van der Waals surface area contributed by atoms with Crippen LogP contribution in [0.4, 0.5) is 0 Å². The fraction of sp³-hybridized carbons (Fsp3) is 0.385. The van der Waals surface area contributed by atoms with Crippen molar-refractivity contribution in [2.24, 2.45) is 0 Å². The molecule has 0 unspecified atom stereocenters. The molecular weight excluding hydrogens is 328 g/mol. The molecule has 0 aliphatic rings. The highest BCUT2D eigenvalue weighted by Gasteiger charge is 2.18. The van der Waals surface area contributed by atoms with Crippen LogP contribution < -0.4 is 19.5 Å². The van der Waals surface area contributed by atoms with E-state index in [0.29, 0.717) is 5.75 Å². The van der Waals surface area contributed by atoms with Crippen molar-refractivity contribution >= 4 is 21.9 Å². The number of methoxy groups -OCH3 is 2. The van der Waals surface area contributed by atoms with E-state index in [1.165, 1.54) is 39.5 Å². The van der Waals surface area contributed by atoms with E-state index in [1.807, 2.05) is 0 Å². The molecule has 0 saturated carbocycles. The first kappa shape index (κ1) is 18.7. The Morgan fingerprint density at radius 1 is 1.13 bits per heavy atom. The van der Waals surface area contributed by atoms with Crippen LogP contribution in [0.2, 0.25) is 0 Å². The highest BCUT2D eigenvalue weighted by atomic mass is 32.2. The van der Waals surface area contributed by atoms with Crippen molar-refractivity contribution in [2.45, 2.75) is 4.90 Å². The number of sulfonamides is 1. The number of esters is 1. The smallest absolute Gasteiger partial charge is 0.321 e. The van der Waals surface area contributed by atoms with Crippen molar-refractivity contribution in [3.63, 3.8) is 0 Å². The van der Waals surface area contributed by atoms with Gasteiger partial charge in [0.2, 0.25) is 10.0 Å². The molecule has 23 heavy (non-hydrogen) atoms. The van der Waals surface area contributed by atoms with Crippen molar-refractivity contribution in [3.8, 4) is 11.5 Å². The Morgan fingerprint density at radius 3 is 2.35 bits per heavy atom. The Labute approximate surface area is 134 Å². The fourth-order valence-electron chi connectivity index (χ4n) is 1.49. The molecule has 2 N–H and O–H groups in total. The van der Waals surface area contributed by atoms with E-state index in [2.05, 4.69) is 14.8 Å². The van der Waals surface area contributed by atoms with Gasteiger partial charge in [0, 0.05) is 13.1 Å². The van der Waals surface area contributed by atoms with Crippen molar-refractivity contribution in [1.82, 2.24) is 10.0 Å². The molecule has 0 saturated heterocycles. The average molecular weight is 346 g/mol. The van der Waals surface area contributed by atoms with Crippen LogP contribution in [-0.4, -0.2) is 54.7 Å². The number of amides is 1. The number of carbonyl (C=O) groups excluding carboxylic acids is 2. The predicted molar refractivity (Wildman–Crippen MR) is 79.8 cm³/mol.